The Labute approximate surface area is 147 Å². The average Bonchev–Trinajstić information content (AvgIpc) is 2.54. The van der Waals surface area contributed by atoms with Gasteiger partial charge >= 0.3 is 0 Å². The van der Waals surface area contributed by atoms with Crippen LogP contribution in [-0.4, -0.2) is 19.9 Å². The Morgan fingerprint density at radius 2 is 1.80 bits per heavy atom. The summed E-state index contributed by atoms with van der Waals surface area (Å²) in [6, 6.07) is 14.1. The summed E-state index contributed by atoms with van der Waals surface area (Å²) in [4.78, 5) is 10.3. The molecular formula is C18H20N2O4S. The van der Waals surface area contributed by atoms with Crippen LogP contribution in [0.3, 0.4) is 0 Å². The number of nitrogens with zero attached hydrogens (tertiary/aromatic N) is 1. The van der Waals surface area contributed by atoms with Gasteiger partial charge in [-0.2, -0.15) is 0 Å². The summed E-state index contributed by atoms with van der Waals surface area (Å²) < 4.78 is 28.2. The van der Waals surface area contributed by atoms with Gasteiger partial charge in [0.05, 0.1) is 4.92 Å². The maximum absolute atomic E-state index is 12.8. The average molecular weight is 360 g/mol. The SMILES string of the molecule is Cc1cccc([N+](=O)[O-])c1S(=O)(=O)NCC1(c2ccccc2)CCC1. The minimum absolute atomic E-state index is 0.230. The molecule has 0 spiro atoms. The molecule has 1 fully saturated rings. The van der Waals surface area contributed by atoms with E-state index in [0.717, 1.165) is 24.8 Å². The summed E-state index contributed by atoms with van der Waals surface area (Å²) in [5, 5.41) is 11.2. The standard InChI is InChI=1S/C18H20N2O4S/c1-14-7-5-10-16(20(21)22)17(14)25(23,24)19-13-18(11-6-12-18)15-8-3-2-4-9-15/h2-5,7-10,19H,6,11-13H2,1H3. The van der Waals surface area contributed by atoms with E-state index in [-0.39, 0.29) is 16.9 Å². The van der Waals surface area contributed by atoms with Crippen LogP contribution in [0, 0.1) is 17.0 Å². The third-order valence-electron chi connectivity index (χ3n) is 4.95. The van der Waals surface area contributed by atoms with Gasteiger partial charge in [-0.3, -0.25) is 10.1 Å². The van der Waals surface area contributed by atoms with Crippen molar-refractivity contribution in [1.29, 1.82) is 0 Å². The number of hydrogen-bond donors (Lipinski definition) is 1. The summed E-state index contributed by atoms with van der Waals surface area (Å²) in [5.41, 5.74) is 0.841. The molecule has 1 aliphatic rings. The van der Waals surface area contributed by atoms with Crippen LogP contribution in [0.25, 0.3) is 0 Å². The molecule has 0 radical (unpaired) electrons. The molecule has 0 bridgehead atoms. The molecule has 1 N–H and O–H groups in total. The number of nitrogens with one attached hydrogen (secondary N) is 1. The van der Waals surface area contributed by atoms with Crippen LogP contribution in [0.4, 0.5) is 5.69 Å². The van der Waals surface area contributed by atoms with E-state index >= 15 is 0 Å². The highest BCUT2D eigenvalue weighted by molar-refractivity contribution is 7.89. The first-order valence-corrected chi connectivity index (χ1v) is 9.63. The highest BCUT2D eigenvalue weighted by atomic mass is 32.2. The highest BCUT2D eigenvalue weighted by Gasteiger charge is 2.40. The second kappa shape index (κ2) is 6.57. The van der Waals surface area contributed by atoms with Crippen molar-refractivity contribution < 1.29 is 13.3 Å². The van der Waals surface area contributed by atoms with Gasteiger partial charge in [-0.1, -0.05) is 48.9 Å². The predicted molar refractivity (Wildman–Crippen MR) is 95.0 cm³/mol. The number of nitro groups is 1. The van der Waals surface area contributed by atoms with Gasteiger partial charge in [0.15, 0.2) is 4.90 Å². The summed E-state index contributed by atoms with van der Waals surface area (Å²) in [6.07, 6.45) is 2.84. The van der Waals surface area contributed by atoms with E-state index in [2.05, 4.69) is 4.72 Å². The van der Waals surface area contributed by atoms with Gasteiger partial charge in [0.25, 0.3) is 5.69 Å². The second-order valence-electron chi connectivity index (χ2n) is 6.50. The Balaban J connectivity index is 1.90. The minimum atomic E-state index is -3.98. The monoisotopic (exact) mass is 360 g/mol. The number of aryl methyl sites for hydroxylation is 1. The van der Waals surface area contributed by atoms with E-state index in [4.69, 9.17) is 0 Å². The van der Waals surface area contributed by atoms with E-state index in [1.165, 1.54) is 12.1 Å². The number of nitro benzene ring substituents is 1. The molecule has 3 rings (SSSR count). The van der Waals surface area contributed by atoms with Crippen molar-refractivity contribution in [1.82, 2.24) is 4.72 Å². The van der Waals surface area contributed by atoms with Crippen molar-refractivity contribution >= 4 is 15.7 Å². The molecule has 2 aromatic rings. The van der Waals surface area contributed by atoms with Crippen molar-refractivity contribution in [2.24, 2.45) is 0 Å². The van der Waals surface area contributed by atoms with Crippen LogP contribution < -0.4 is 4.72 Å². The molecule has 0 amide bonds. The molecule has 0 aliphatic heterocycles. The molecule has 0 unspecified atom stereocenters. The molecule has 6 nitrogen and oxygen atoms in total. The van der Waals surface area contributed by atoms with Gasteiger partial charge in [0.1, 0.15) is 0 Å². The third kappa shape index (κ3) is 3.29. The highest BCUT2D eigenvalue weighted by Crippen LogP contribution is 2.43. The van der Waals surface area contributed by atoms with Crippen molar-refractivity contribution in [2.75, 3.05) is 6.54 Å². The third-order valence-corrected chi connectivity index (χ3v) is 6.55. The Morgan fingerprint density at radius 1 is 1.12 bits per heavy atom. The van der Waals surface area contributed by atoms with Crippen molar-refractivity contribution in [2.45, 2.75) is 36.5 Å². The molecule has 7 heteroatoms. The summed E-state index contributed by atoms with van der Waals surface area (Å²) in [7, 11) is -3.98. The smallest absolute Gasteiger partial charge is 0.258 e. The molecule has 0 heterocycles. The fourth-order valence-corrected chi connectivity index (χ4v) is 4.92. The van der Waals surface area contributed by atoms with Crippen LogP contribution in [0.1, 0.15) is 30.4 Å². The molecule has 132 valence electrons. The van der Waals surface area contributed by atoms with Gasteiger partial charge in [-0.25, -0.2) is 13.1 Å². The quantitative estimate of drug-likeness (QED) is 0.632. The maximum atomic E-state index is 12.8. The molecule has 25 heavy (non-hydrogen) atoms. The molecule has 0 aromatic heterocycles. The fourth-order valence-electron chi connectivity index (χ4n) is 3.40. The van der Waals surface area contributed by atoms with Crippen LogP contribution >= 0.6 is 0 Å². The number of hydrogen-bond acceptors (Lipinski definition) is 4. The maximum Gasteiger partial charge on any atom is 0.289 e. The zero-order chi connectivity index (χ0) is 18.1. The largest absolute Gasteiger partial charge is 0.289 e. The molecular weight excluding hydrogens is 340 g/mol. The van der Waals surface area contributed by atoms with E-state index in [0.29, 0.717) is 5.56 Å². The van der Waals surface area contributed by atoms with Gasteiger partial charge in [0.2, 0.25) is 10.0 Å². The Morgan fingerprint density at radius 3 is 2.36 bits per heavy atom. The first-order chi connectivity index (χ1) is 11.9. The Kier molecular flexibility index (Phi) is 4.62. The number of rotatable bonds is 6. The van der Waals surface area contributed by atoms with Crippen molar-refractivity contribution in [3.8, 4) is 0 Å². The fraction of sp³-hybridized carbons (Fsp3) is 0.333. The first-order valence-electron chi connectivity index (χ1n) is 8.15. The van der Waals surface area contributed by atoms with Crippen molar-refractivity contribution in [3.05, 3.63) is 69.8 Å². The second-order valence-corrected chi connectivity index (χ2v) is 8.21. The van der Waals surface area contributed by atoms with E-state index in [1.54, 1.807) is 13.0 Å². The zero-order valence-corrected chi connectivity index (χ0v) is 14.8. The Bertz CT molecular complexity index is 891. The van der Waals surface area contributed by atoms with Crippen LogP contribution in [0.5, 0.6) is 0 Å². The number of sulfonamides is 1. The van der Waals surface area contributed by atoms with Crippen molar-refractivity contribution in [3.63, 3.8) is 0 Å². The van der Waals surface area contributed by atoms with Gasteiger partial charge in [-0.05, 0) is 30.9 Å². The molecule has 1 saturated carbocycles. The zero-order valence-electron chi connectivity index (χ0n) is 13.9. The van der Waals surface area contributed by atoms with Crippen LogP contribution in [0.15, 0.2) is 53.4 Å². The van der Waals surface area contributed by atoms with E-state index in [1.807, 2.05) is 30.3 Å². The van der Waals surface area contributed by atoms with Gasteiger partial charge in [0, 0.05) is 18.0 Å². The molecule has 0 saturated heterocycles. The Hall–Kier alpha value is -2.25. The normalized spacial score (nSPS) is 16.2. The molecule has 1 aliphatic carbocycles. The molecule has 0 atom stereocenters. The van der Waals surface area contributed by atoms with E-state index < -0.39 is 20.6 Å². The topological polar surface area (TPSA) is 89.3 Å². The van der Waals surface area contributed by atoms with Crippen LogP contribution in [0.2, 0.25) is 0 Å². The van der Waals surface area contributed by atoms with Gasteiger partial charge in [-0.15, -0.1) is 0 Å². The summed E-state index contributed by atoms with van der Waals surface area (Å²) >= 11 is 0. The predicted octanol–water partition coefficient (Wildman–Crippen LogP) is 3.30. The lowest BCUT2D eigenvalue weighted by Crippen LogP contribution is -2.45. The lowest BCUT2D eigenvalue weighted by Gasteiger charge is -2.42. The number of benzene rings is 2. The summed E-state index contributed by atoms with van der Waals surface area (Å²) in [6.45, 7) is 1.81. The first kappa shape index (κ1) is 17.6. The summed E-state index contributed by atoms with van der Waals surface area (Å²) in [5.74, 6) is 0. The lowest BCUT2D eigenvalue weighted by atomic mass is 9.64. The van der Waals surface area contributed by atoms with Gasteiger partial charge < -0.3 is 0 Å². The lowest BCUT2D eigenvalue weighted by molar-refractivity contribution is -0.387. The minimum Gasteiger partial charge on any atom is -0.258 e. The van der Waals surface area contributed by atoms with E-state index in [9.17, 15) is 18.5 Å². The molecule has 2 aromatic carbocycles. The van der Waals surface area contributed by atoms with Crippen LogP contribution in [-0.2, 0) is 15.4 Å².